The fourth-order valence-electron chi connectivity index (χ4n) is 3.07. The maximum Gasteiger partial charge on any atom is 0.225 e. The molecule has 1 saturated carbocycles. The van der Waals surface area contributed by atoms with Gasteiger partial charge < -0.3 is 20.8 Å². The van der Waals surface area contributed by atoms with E-state index >= 15 is 0 Å². The van der Waals surface area contributed by atoms with Crippen LogP contribution in [0.4, 0.5) is 0 Å². The van der Waals surface area contributed by atoms with E-state index in [1.165, 1.54) is 0 Å². The predicted octanol–water partition coefficient (Wildman–Crippen LogP) is -0.686. The normalized spacial score (nSPS) is 42.8. The highest BCUT2D eigenvalue weighted by Gasteiger charge is 2.37. The van der Waals surface area contributed by atoms with Crippen LogP contribution < -0.4 is 5.73 Å². The number of aliphatic hydroxyl groups is 2. The minimum absolute atomic E-state index is 0.0359. The number of hydrogen-bond donors (Lipinski definition) is 3. The quantitative estimate of drug-likeness (QED) is 0.568. The van der Waals surface area contributed by atoms with Crippen molar-refractivity contribution in [2.75, 3.05) is 13.1 Å². The molecule has 5 heteroatoms. The molecule has 0 spiro atoms. The number of carbonyl (C=O) groups is 1. The van der Waals surface area contributed by atoms with Crippen molar-refractivity contribution in [2.24, 2.45) is 17.6 Å². The maximum absolute atomic E-state index is 12.2. The van der Waals surface area contributed by atoms with Gasteiger partial charge in [0.2, 0.25) is 5.91 Å². The third-order valence-corrected chi connectivity index (χ3v) is 3.90. The van der Waals surface area contributed by atoms with E-state index in [1.807, 2.05) is 0 Å². The molecule has 1 heterocycles. The number of nitrogens with zero attached hydrogens (tertiary/aromatic N) is 1. The summed E-state index contributed by atoms with van der Waals surface area (Å²) in [7, 11) is 0. The molecule has 0 aromatic carbocycles. The number of likely N-dealkylation sites (tertiary alicyclic amines) is 1. The number of hydrogen-bond acceptors (Lipinski definition) is 4. The molecular weight excluding hydrogens is 220 g/mol. The van der Waals surface area contributed by atoms with Crippen LogP contribution in [0.5, 0.6) is 0 Å². The van der Waals surface area contributed by atoms with Crippen molar-refractivity contribution in [3.05, 3.63) is 0 Å². The second kappa shape index (κ2) is 4.92. The van der Waals surface area contributed by atoms with Gasteiger partial charge in [-0.05, 0) is 25.2 Å². The third-order valence-electron chi connectivity index (χ3n) is 3.90. The number of β-amino-alcohol motifs (C(OH)–C–C–N with tert-alkyl or cyclic N) is 2. The van der Waals surface area contributed by atoms with Crippen molar-refractivity contribution in [2.45, 2.75) is 44.4 Å². The van der Waals surface area contributed by atoms with Crippen LogP contribution in [0.15, 0.2) is 0 Å². The molecule has 2 aliphatic rings. The molecule has 0 aromatic heterocycles. The summed E-state index contributed by atoms with van der Waals surface area (Å²) in [6.45, 7) is 2.62. The molecule has 0 radical (unpaired) electrons. The van der Waals surface area contributed by atoms with E-state index in [9.17, 15) is 15.0 Å². The first-order chi connectivity index (χ1) is 7.97. The van der Waals surface area contributed by atoms with Gasteiger partial charge in [0, 0.05) is 25.0 Å². The highest BCUT2D eigenvalue weighted by Crippen LogP contribution is 2.30. The highest BCUT2D eigenvalue weighted by molar-refractivity contribution is 5.79. The molecule has 5 nitrogen and oxygen atoms in total. The zero-order chi connectivity index (χ0) is 12.6. The zero-order valence-electron chi connectivity index (χ0n) is 10.2. The van der Waals surface area contributed by atoms with Crippen LogP contribution in [-0.4, -0.2) is 52.4 Å². The Morgan fingerprint density at radius 3 is 2.29 bits per heavy atom. The van der Waals surface area contributed by atoms with Crippen LogP contribution in [0, 0.1) is 11.8 Å². The molecule has 2 rings (SSSR count). The van der Waals surface area contributed by atoms with Gasteiger partial charge in [0.05, 0.1) is 12.2 Å². The average molecular weight is 242 g/mol. The SMILES string of the molecule is CC1CC(N)CC(C(=O)N2CC(O)C(O)C2)C1. The molecule has 0 bridgehead atoms. The van der Waals surface area contributed by atoms with Crippen molar-refractivity contribution in [3.63, 3.8) is 0 Å². The Bertz CT molecular complexity index is 277. The number of amides is 1. The predicted molar refractivity (Wildman–Crippen MR) is 63.1 cm³/mol. The summed E-state index contributed by atoms with van der Waals surface area (Å²) in [4.78, 5) is 13.8. The Balaban J connectivity index is 1.96. The minimum atomic E-state index is -0.798. The smallest absolute Gasteiger partial charge is 0.225 e. The number of rotatable bonds is 1. The minimum Gasteiger partial charge on any atom is -0.388 e. The van der Waals surface area contributed by atoms with E-state index in [0.29, 0.717) is 5.92 Å². The number of carbonyl (C=O) groups excluding carboxylic acids is 1. The molecular formula is C12H22N2O3. The summed E-state index contributed by atoms with van der Waals surface area (Å²) >= 11 is 0. The molecule has 5 unspecified atom stereocenters. The summed E-state index contributed by atoms with van der Waals surface area (Å²) in [6, 6.07) is 0.102. The van der Waals surface area contributed by atoms with Gasteiger partial charge in [0.15, 0.2) is 0 Å². The van der Waals surface area contributed by atoms with Crippen LogP contribution in [-0.2, 0) is 4.79 Å². The molecule has 2 fully saturated rings. The lowest BCUT2D eigenvalue weighted by atomic mass is 9.79. The average Bonchev–Trinajstić information content (AvgIpc) is 2.57. The van der Waals surface area contributed by atoms with Gasteiger partial charge in [0.25, 0.3) is 0 Å². The summed E-state index contributed by atoms with van der Waals surface area (Å²) in [5, 5.41) is 18.9. The second-order valence-electron chi connectivity index (χ2n) is 5.65. The second-order valence-corrected chi connectivity index (χ2v) is 5.65. The van der Waals surface area contributed by atoms with Crippen molar-refractivity contribution in [3.8, 4) is 0 Å². The molecule has 4 N–H and O–H groups in total. The Labute approximate surface area is 102 Å². The lowest BCUT2D eigenvalue weighted by Gasteiger charge is -2.32. The summed E-state index contributed by atoms with van der Waals surface area (Å²) in [5.74, 6) is 0.485. The summed E-state index contributed by atoms with van der Waals surface area (Å²) in [5.41, 5.74) is 5.94. The standard InChI is InChI=1S/C12H22N2O3/c1-7-2-8(4-9(13)3-7)12(17)14-5-10(15)11(16)6-14/h7-11,15-16H,2-6,13H2,1H3. The van der Waals surface area contributed by atoms with Crippen LogP contribution in [0.3, 0.4) is 0 Å². The first-order valence-electron chi connectivity index (χ1n) is 6.38. The van der Waals surface area contributed by atoms with Gasteiger partial charge in [-0.25, -0.2) is 0 Å². The van der Waals surface area contributed by atoms with E-state index in [-0.39, 0.29) is 31.0 Å². The molecule has 1 amide bonds. The topological polar surface area (TPSA) is 86.8 Å². The largest absolute Gasteiger partial charge is 0.388 e. The molecule has 98 valence electrons. The lowest BCUT2D eigenvalue weighted by Crippen LogP contribution is -2.42. The van der Waals surface area contributed by atoms with Gasteiger partial charge in [-0.2, -0.15) is 0 Å². The van der Waals surface area contributed by atoms with E-state index in [1.54, 1.807) is 4.90 Å². The number of nitrogens with two attached hydrogens (primary N) is 1. The molecule has 5 atom stereocenters. The van der Waals surface area contributed by atoms with Crippen molar-refractivity contribution in [1.82, 2.24) is 4.90 Å². The van der Waals surface area contributed by atoms with Gasteiger partial charge >= 0.3 is 0 Å². The fourth-order valence-corrected chi connectivity index (χ4v) is 3.07. The van der Waals surface area contributed by atoms with Crippen LogP contribution in [0.25, 0.3) is 0 Å². The summed E-state index contributed by atoms with van der Waals surface area (Å²) < 4.78 is 0. The summed E-state index contributed by atoms with van der Waals surface area (Å²) in [6.07, 6.45) is 0.984. The molecule has 0 aromatic rings. The maximum atomic E-state index is 12.2. The molecule has 1 saturated heterocycles. The van der Waals surface area contributed by atoms with Gasteiger partial charge in [-0.3, -0.25) is 4.79 Å². The monoisotopic (exact) mass is 242 g/mol. The zero-order valence-corrected chi connectivity index (χ0v) is 10.2. The van der Waals surface area contributed by atoms with E-state index in [2.05, 4.69) is 6.92 Å². The third kappa shape index (κ3) is 2.78. The van der Waals surface area contributed by atoms with Crippen molar-refractivity contribution in [1.29, 1.82) is 0 Å². The van der Waals surface area contributed by atoms with Gasteiger partial charge in [-0.1, -0.05) is 6.92 Å². The fraction of sp³-hybridized carbons (Fsp3) is 0.917. The van der Waals surface area contributed by atoms with Crippen LogP contribution >= 0.6 is 0 Å². The van der Waals surface area contributed by atoms with Gasteiger partial charge in [-0.15, -0.1) is 0 Å². The highest BCUT2D eigenvalue weighted by atomic mass is 16.3. The van der Waals surface area contributed by atoms with Crippen molar-refractivity contribution < 1.29 is 15.0 Å². The van der Waals surface area contributed by atoms with Gasteiger partial charge in [0.1, 0.15) is 0 Å². The van der Waals surface area contributed by atoms with Crippen LogP contribution in [0.1, 0.15) is 26.2 Å². The Morgan fingerprint density at radius 2 is 1.76 bits per heavy atom. The molecule has 17 heavy (non-hydrogen) atoms. The Kier molecular flexibility index (Phi) is 3.70. The Morgan fingerprint density at radius 1 is 1.18 bits per heavy atom. The van der Waals surface area contributed by atoms with E-state index in [0.717, 1.165) is 19.3 Å². The first-order valence-corrected chi connectivity index (χ1v) is 6.38. The molecule has 1 aliphatic carbocycles. The Hall–Kier alpha value is -0.650. The number of aliphatic hydroxyl groups excluding tert-OH is 2. The van der Waals surface area contributed by atoms with E-state index < -0.39 is 12.2 Å². The van der Waals surface area contributed by atoms with E-state index in [4.69, 9.17) is 5.73 Å². The molecule has 1 aliphatic heterocycles. The van der Waals surface area contributed by atoms with Crippen molar-refractivity contribution >= 4 is 5.91 Å². The first kappa shape index (κ1) is 12.8. The lowest BCUT2D eigenvalue weighted by molar-refractivity contribution is -0.136. The van der Waals surface area contributed by atoms with Crippen LogP contribution in [0.2, 0.25) is 0 Å².